The Morgan fingerprint density at radius 3 is 2.58 bits per heavy atom. The van der Waals surface area contributed by atoms with E-state index in [1.807, 2.05) is 12.1 Å². The molecular weight excluding hydrogens is 437 g/mol. The van der Waals surface area contributed by atoms with E-state index in [1.54, 1.807) is 24.7 Å². The Balaban J connectivity index is 0.00000171. The van der Waals surface area contributed by atoms with Gasteiger partial charge < -0.3 is 15.3 Å². The number of anilines is 1. The van der Waals surface area contributed by atoms with Crippen molar-refractivity contribution < 1.29 is 5.11 Å². The largest absolute Gasteiger partial charge is 0.507 e. The maximum absolute atomic E-state index is 10.4. The van der Waals surface area contributed by atoms with Crippen LogP contribution in [-0.2, 0) is 0 Å². The Labute approximate surface area is 194 Å². The zero-order valence-electron chi connectivity index (χ0n) is 17.9. The molecule has 8 nitrogen and oxygen atoms in total. The van der Waals surface area contributed by atoms with E-state index >= 15 is 0 Å². The number of hydrogen-bond donors (Lipinski definition) is 3. The minimum Gasteiger partial charge on any atom is -0.507 e. The molecule has 1 aromatic carbocycles. The molecule has 0 saturated carbocycles. The van der Waals surface area contributed by atoms with E-state index in [0.29, 0.717) is 23.1 Å². The Morgan fingerprint density at radius 2 is 1.97 bits per heavy atom. The van der Waals surface area contributed by atoms with Crippen LogP contribution in [0.4, 0.5) is 5.95 Å². The van der Waals surface area contributed by atoms with Crippen LogP contribution in [0.5, 0.6) is 5.75 Å². The predicted octanol–water partition coefficient (Wildman–Crippen LogP) is 3.69. The highest BCUT2D eigenvalue weighted by molar-refractivity contribution is 5.85. The van der Waals surface area contributed by atoms with Crippen molar-refractivity contribution in [2.24, 2.45) is 5.92 Å². The standard InChI is InChI=1S/C21H27N7O.2ClH/c1-21(2,3)23-9-14-6-7-28(13-14)20-22-12-18(26-27-20)17-5-4-15(8-19(17)29)16-10-24-25-11-16;;/h4-5,8,10-12,14,23,29H,6-7,9,13H2,1-3H3,(H,24,25);2*1H. The lowest BCUT2D eigenvalue weighted by Crippen LogP contribution is -2.39. The number of aromatic nitrogens is 5. The summed E-state index contributed by atoms with van der Waals surface area (Å²) in [5.41, 5.74) is 3.08. The molecule has 1 aliphatic rings. The van der Waals surface area contributed by atoms with E-state index in [2.05, 4.69) is 56.4 Å². The smallest absolute Gasteiger partial charge is 0.245 e. The van der Waals surface area contributed by atoms with Crippen molar-refractivity contribution in [3.8, 4) is 28.1 Å². The second-order valence-corrected chi connectivity index (χ2v) is 8.59. The first-order valence-corrected chi connectivity index (χ1v) is 9.91. The molecule has 31 heavy (non-hydrogen) atoms. The fourth-order valence-corrected chi connectivity index (χ4v) is 3.51. The van der Waals surface area contributed by atoms with Gasteiger partial charge in [0.25, 0.3) is 0 Å². The summed E-state index contributed by atoms with van der Waals surface area (Å²) >= 11 is 0. The summed E-state index contributed by atoms with van der Waals surface area (Å²) < 4.78 is 0. The minimum absolute atomic E-state index is 0. The van der Waals surface area contributed by atoms with Gasteiger partial charge >= 0.3 is 0 Å². The Morgan fingerprint density at radius 1 is 1.16 bits per heavy atom. The van der Waals surface area contributed by atoms with Crippen molar-refractivity contribution in [3.63, 3.8) is 0 Å². The first-order chi connectivity index (χ1) is 13.9. The molecule has 0 aliphatic carbocycles. The monoisotopic (exact) mass is 465 g/mol. The number of phenolic OH excluding ortho intramolecular Hbond substituents is 1. The van der Waals surface area contributed by atoms with E-state index in [4.69, 9.17) is 0 Å². The lowest BCUT2D eigenvalue weighted by atomic mass is 10.0. The number of phenols is 1. The molecule has 1 unspecified atom stereocenters. The van der Waals surface area contributed by atoms with E-state index in [9.17, 15) is 5.11 Å². The van der Waals surface area contributed by atoms with Crippen LogP contribution in [0.1, 0.15) is 27.2 Å². The van der Waals surface area contributed by atoms with Gasteiger partial charge in [-0.15, -0.1) is 35.0 Å². The van der Waals surface area contributed by atoms with Crippen LogP contribution in [-0.4, -0.2) is 55.7 Å². The van der Waals surface area contributed by atoms with Crippen molar-refractivity contribution in [2.45, 2.75) is 32.7 Å². The highest BCUT2D eigenvalue weighted by atomic mass is 35.5. The number of nitrogens with one attached hydrogen (secondary N) is 2. The number of hydrogen-bond acceptors (Lipinski definition) is 7. The van der Waals surface area contributed by atoms with Gasteiger partial charge in [-0.25, -0.2) is 4.98 Å². The highest BCUT2D eigenvalue weighted by Crippen LogP contribution is 2.32. The van der Waals surface area contributed by atoms with Crippen LogP contribution >= 0.6 is 24.8 Å². The molecule has 1 atom stereocenters. The number of aromatic amines is 1. The molecule has 0 bridgehead atoms. The molecule has 0 amide bonds. The number of nitrogens with zero attached hydrogens (tertiary/aromatic N) is 5. The summed E-state index contributed by atoms with van der Waals surface area (Å²) in [5.74, 6) is 1.36. The molecule has 3 aromatic rings. The highest BCUT2D eigenvalue weighted by Gasteiger charge is 2.25. The van der Waals surface area contributed by atoms with Crippen molar-refractivity contribution >= 4 is 30.8 Å². The Hall–Kier alpha value is -2.42. The Bertz CT molecular complexity index is 959. The average molecular weight is 466 g/mol. The Kier molecular flexibility index (Phi) is 8.22. The molecule has 4 rings (SSSR count). The fourth-order valence-electron chi connectivity index (χ4n) is 3.51. The quantitative estimate of drug-likeness (QED) is 0.527. The van der Waals surface area contributed by atoms with Crippen LogP contribution in [0.2, 0.25) is 0 Å². The van der Waals surface area contributed by atoms with Gasteiger partial charge in [0.05, 0.1) is 12.4 Å². The second-order valence-electron chi connectivity index (χ2n) is 8.59. The summed E-state index contributed by atoms with van der Waals surface area (Å²) in [6.07, 6.45) is 6.29. The van der Waals surface area contributed by atoms with E-state index < -0.39 is 0 Å². The summed E-state index contributed by atoms with van der Waals surface area (Å²) in [6, 6.07) is 5.44. The summed E-state index contributed by atoms with van der Waals surface area (Å²) in [4.78, 5) is 6.67. The number of halogens is 2. The zero-order chi connectivity index (χ0) is 20.4. The SMILES string of the molecule is CC(C)(C)NCC1CCN(c2ncc(-c3ccc(-c4cn[nH]c4)cc3O)nn2)C1.Cl.Cl. The van der Waals surface area contributed by atoms with Crippen LogP contribution in [0, 0.1) is 5.92 Å². The van der Waals surface area contributed by atoms with E-state index in [0.717, 1.165) is 37.2 Å². The average Bonchev–Trinajstić information content (AvgIpc) is 3.38. The number of aromatic hydroxyl groups is 1. The maximum Gasteiger partial charge on any atom is 0.245 e. The molecule has 1 aliphatic heterocycles. The third-order valence-corrected chi connectivity index (χ3v) is 5.14. The van der Waals surface area contributed by atoms with Crippen LogP contribution in [0.15, 0.2) is 36.8 Å². The molecule has 2 aromatic heterocycles. The predicted molar refractivity (Wildman–Crippen MR) is 127 cm³/mol. The lowest BCUT2D eigenvalue weighted by Gasteiger charge is -2.23. The second kappa shape index (κ2) is 10.3. The van der Waals surface area contributed by atoms with Gasteiger partial charge in [0.1, 0.15) is 11.4 Å². The third kappa shape index (κ3) is 6.06. The molecule has 0 spiro atoms. The molecule has 0 radical (unpaired) electrons. The minimum atomic E-state index is 0. The van der Waals surface area contributed by atoms with E-state index in [-0.39, 0.29) is 36.1 Å². The maximum atomic E-state index is 10.4. The van der Waals surface area contributed by atoms with Crippen molar-refractivity contribution in [3.05, 3.63) is 36.8 Å². The molecule has 1 saturated heterocycles. The fraction of sp³-hybridized carbons (Fsp3) is 0.429. The van der Waals surface area contributed by atoms with Crippen LogP contribution in [0.25, 0.3) is 22.4 Å². The molecule has 1 fully saturated rings. The molecule has 3 N–H and O–H groups in total. The van der Waals surface area contributed by atoms with Crippen molar-refractivity contribution in [1.82, 2.24) is 30.7 Å². The van der Waals surface area contributed by atoms with Crippen molar-refractivity contribution in [1.29, 1.82) is 0 Å². The third-order valence-electron chi connectivity index (χ3n) is 5.14. The molecule has 10 heteroatoms. The van der Waals surface area contributed by atoms with E-state index in [1.165, 1.54) is 0 Å². The number of benzene rings is 1. The van der Waals surface area contributed by atoms with Crippen molar-refractivity contribution in [2.75, 3.05) is 24.5 Å². The molecular formula is C21H29Cl2N7O. The molecule has 3 heterocycles. The van der Waals surface area contributed by atoms with Gasteiger partial charge in [-0.3, -0.25) is 5.10 Å². The lowest BCUT2D eigenvalue weighted by molar-refractivity contribution is 0.383. The summed E-state index contributed by atoms with van der Waals surface area (Å²) in [5, 5.41) is 29.3. The van der Waals surface area contributed by atoms with Gasteiger partial charge in [0.2, 0.25) is 5.95 Å². The van der Waals surface area contributed by atoms with Gasteiger partial charge in [-0.1, -0.05) is 6.07 Å². The van der Waals surface area contributed by atoms with Gasteiger partial charge in [-0.2, -0.15) is 5.10 Å². The number of rotatable bonds is 5. The van der Waals surface area contributed by atoms with Gasteiger partial charge in [0.15, 0.2) is 0 Å². The molecule has 168 valence electrons. The van der Waals surface area contributed by atoms with Crippen LogP contribution < -0.4 is 10.2 Å². The summed E-state index contributed by atoms with van der Waals surface area (Å²) in [6.45, 7) is 9.40. The van der Waals surface area contributed by atoms with Gasteiger partial charge in [-0.05, 0) is 50.8 Å². The van der Waals surface area contributed by atoms with Crippen LogP contribution in [0.3, 0.4) is 0 Å². The topological polar surface area (TPSA) is 103 Å². The normalized spacial score (nSPS) is 16.0. The first-order valence-electron chi connectivity index (χ1n) is 9.91. The zero-order valence-corrected chi connectivity index (χ0v) is 19.5. The first kappa shape index (κ1) is 24.8. The number of H-pyrrole nitrogens is 1. The van der Waals surface area contributed by atoms with Gasteiger partial charge in [0, 0.05) is 42.5 Å². The summed E-state index contributed by atoms with van der Waals surface area (Å²) in [7, 11) is 0.